The monoisotopic (exact) mass is 187 g/mol. The molecule has 1 heterocycles. The molecule has 4 nitrogen and oxygen atoms in total. The van der Waals surface area contributed by atoms with Gasteiger partial charge in [0.25, 0.3) is 0 Å². The van der Waals surface area contributed by atoms with Gasteiger partial charge in [0.15, 0.2) is 0 Å². The van der Waals surface area contributed by atoms with Crippen LogP contribution in [0.3, 0.4) is 0 Å². The molecule has 14 heavy (non-hydrogen) atoms. The topological polar surface area (TPSA) is 65.3 Å². The second kappa shape index (κ2) is 3.41. The molecule has 0 fully saturated rings. The summed E-state index contributed by atoms with van der Waals surface area (Å²) in [6.07, 6.45) is 0.105. The Morgan fingerprint density at radius 1 is 1.29 bits per heavy atom. The molecule has 1 aromatic carbocycles. The molecule has 0 unspecified atom stereocenters. The fourth-order valence-corrected chi connectivity index (χ4v) is 1.30. The zero-order chi connectivity index (χ0) is 9.97. The smallest absolute Gasteiger partial charge is 0.246 e. The average molecular weight is 187 g/mol. The van der Waals surface area contributed by atoms with Gasteiger partial charge in [0.2, 0.25) is 5.91 Å². The van der Waals surface area contributed by atoms with Crippen LogP contribution in [0.1, 0.15) is 12.0 Å². The second-order valence-corrected chi connectivity index (χ2v) is 3.02. The number of carbonyl (C=O) groups is 1. The molecule has 1 aliphatic rings. The summed E-state index contributed by atoms with van der Waals surface area (Å²) in [7, 11) is 0. The molecule has 0 aromatic heterocycles. The maximum absolute atomic E-state index is 10.9. The molecule has 0 bridgehead atoms. The van der Waals surface area contributed by atoms with Gasteiger partial charge in [-0.05, 0) is 0 Å². The summed E-state index contributed by atoms with van der Waals surface area (Å²) in [5.41, 5.74) is 4.04. The maximum atomic E-state index is 10.9. The van der Waals surface area contributed by atoms with E-state index in [0.29, 0.717) is 5.71 Å². The largest absolute Gasteiger partial charge is 0.302 e. The summed E-state index contributed by atoms with van der Waals surface area (Å²) in [4.78, 5) is 10.9. The maximum Gasteiger partial charge on any atom is 0.246 e. The molecule has 0 spiro atoms. The van der Waals surface area contributed by atoms with Crippen molar-refractivity contribution in [2.75, 3.05) is 0 Å². The first-order chi connectivity index (χ1) is 6.77. The first kappa shape index (κ1) is 8.62. The van der Waals surface area contributed by atoms with Crippen LogP contribution in [0.15, 0.2) is 35.4 Å². The van der Waals surface area contributed by atoms with Crippen molar-refractivity contribution in [3.8, 4) is 0 Å². The summed E-state index contributed by atoms with van der Waals surface area (Å²) in [5, 5.41) is 11.5. The molecule has 2 rings (SSSR count). The Bertz CT molecular complexity index is 409. The Balaban J connectivity index is 2.36. The van der Waals surface area contributed by atoms with Gasteiger partial charge in [0.1, 0.15) is 5.71 Å². The lowest BCUT2D eigenvalue weighted by molar-refractivity contribution is -0.120. The summed E-state index contributed by atoms with van der Waals surface area (Å²) >= 11 is 0. The number of benzene rings is 1. The Labute approximate surface area is 81.1 Å². The quantitative estimate of drug-likeness (QED) is 0.674. The lowest BCUT2D eigenvalue weighted by Crippen LogP contribution is -2.33. The Morgan fingerprint density at radius 3 is 2.64 bits per heavy atom. The Morgan fingerprint density at radius 2 is 2.00 bits per heavy atom. The first-order valence-corrected chi connectivity index (χ1v) is 4.27. The molecule has 4 heteroatoms. The van der Waals surface area contributed by atoms with Crippen molar-refractivity contribution in [2.45, 2.75) is 6.42 Å². The second-order valence-electron chi connectivity index (χ2n) is 3.02. The number of carbonyl (C=O) groups excluding carboxylic acids is 1. The summed E-state index contributed by atoms with van der Waals surface area (Å²) in [6, 6.07) is 9.38. The highest BCUT2D eigenvalue weighted by Gasteiger charge is 2.18. The highest BCUT2D eigenvalue weighted by Crippen LogP contribution is 2.06. The fourth-order valence-electron chi connectivity index (χ4n) is 1.30. The van der Waals surface area contributed by atoms with Crippen LogP contribution >= 0.6 is 0 Å². The highest BCUT2D eigenvalue weighted by atomic mass is 16.2. The molecule has 1 aromatic rings. The zero-order valence-corrected chi connectivity index (χ0v) is 7.45. The van der Waals surface area contributed by atoms with E-state index in [2.05, 4.69) is 10.5 Å². The SMILES string of the molecule is N=C1CC(=O)NN=C1c1ccccc1. The minimum absolute atomic E-state index is 0.105. The molecular formula is C10H9N3O. The van der Waals surface area contributed by atoms with Crippen molar-refractivity contribution in [2.24, 2.45) is 5.10 Å². The molecular weight excluding hydrogens is 178 g/mol. The Hall–Kier alpha value is -1.97. The summed E-state index contributed by atoms with van der Waals surface area (Å²) in [5.74, 6) is -0.227. The normalized spacial score (nSPS) is 16.1. The predicted molar refractivity (Wildman–Crippen MR) is 53.5 cm³/mol. The molecule has 2 N–H and O–H groups in total. The molecule has 0 atom stereocenters. The van der Waals surface area contributed by atoms with E-state index in [1.165, 1.54) is 0 Å². The van der Waals surface area contributed by atoms with Crippen LogP contribution < -0.4 is 5.43 Å². The van der Waals surface area contributed by atoms with Gasteiger partial charge in [-0.25, -0.2) is 5.43 Å². The minimum atomic E-state index is -0.227. The van der Waals surface area contributed by atoms with Crippen LogP contribution in [0.5, 0.6) is 0 Å². The molecule has 0 saturated heterocycles. The first-order valence-electron chi connectivity index (χ1n) is 4.27. The zero-order valence-electron chi connectivity index (χ0n) is 7.45. The van der Waals surface area contributed by atoms with Crippen LogP contribution in [0.4, 0.5) is 0 Å². The van der Waals surface area contributed by atoms with E-state index in [1.807, 2.05) is 30.3 Å². The van der Waals surface area contributed by atoms with Crippen molar-refractivity contribution >= 4 is 17.3 Å². The molecule has 0 radical (unpaired) electrons. The van der Waals surface area contributed by atoms with Gasteiger partial charge in [-0.1, -0.05) is 30.3 Å². The molecule has 0 saturated carbocycles. The lowest BCUT2D eigenvalue weighted by atomic mass is 10.0. The van der Waals surface area contributed by atoms with Crippen molar-refractivity contribution in [1.29, 1.82) is 5.41 Å². The average Bonchev–Trinajstić information content (AvgIpc) is 2.19. The van der Waals surface area contributed by atoms with E-state index in [0.717, 1.165) is 5.56 Å². The number of hydrogen-bond acceptors (Lipinski definition) is 3. The van der Waals surface area contributed by atoms with Gasteiger partial charge in [-0.3, -0.25) is 4.79 Å². The predicted octanol–water partition coefficient (Wildman–Crippen LogP) is 0.930. The third-order valence-electron chi connectivity index (χ3n) is 1.96. The van der Waals surface area contributed by atoms with Crippen molar-refractivity contribution in [1.82, 2.24) is 5.43 Å². The van der Waals surface area contributed by atoms with Crippen LogP contribution in [0.2, 0.25) is 0 Å². The third-order valence-corrected chi connectivity index (χ3v) is 1.96. The fraction of sp³-hybridized carbons (Fsp3) is 0.100. The van der Waals surface area contributed by atoms with E-state index in [9.17, 15) is 4.79 Å². The highest BCUT2D eigenvalue weighted by molar-refractivity contribution is 6.50. The molecule has 70 valence electrons. The number of nitrogens with one attached hydrogen (secondary N) is 2. The molecule has 1 amide bonds. The van der Waals surface area contributed by atoms with E-state index in [4.69, 9.17) is 5.41 Å². The van der Waals surface area contributed by atoms with Crippen LogP contribution in [-0.2, 0) is 4.79 Å². The minimum Gasteiger partial charge on any atom is -0.302 e. The van der Waals surface area contributed by atoms with E-state index >= 15 is 0 Å². The summed E-state index contributed by atoms with van der Waals surface area (Å²) in [6.45, 7) is 0. The lowest BCUT2D eigenvalue weighted by Gasteiger charge is -2.12. The van der Waals surface area contributed by atoms with Gasteiger partial charge in [0, 0.05) is 5.56 Å². The van der Waals surface area contributed by atoms with Gasteiger partial charge < -0.3 is 5.41 Å². The van der Waals surface area contributed by atoms with E-state index < -0.39 is 0 Å². The van der Waals surface area contributed by atoms with Gasteiger partial charge in [-0.15, -0.1) is 0 Å². The van der Waals surface area contributed by atoms with Crippen LogP contribution in [0, 0.1) is 5.41 Å². The number of hydrazone groups is 1. The molecule has 0 aliphatic carbocycles. The third kappa shape index (κ3) is 1.54. The number of amides is 1. The van der Waals surface area contributed by atoms with E-state index in [1.54, 1.807) is 0 Å². The number of hydrogen-bond donors (Lipinski definition) is 2. The number of nitrogens with zero attached hydrogens (tertiary/aromatic N) is 1. The number of rotatable bonds is 1. The van der Waals surface area contributed by atoms with Gasteiger partial charge in [-0.2, -0.15) is 5.10 Å². The van der Waals surface area contributed by atoms with Gasteiger partial charge in [0.05, 0.1) is 12.1 Å². The van der Waals surface area contributed by atoms with Crippen molar-refractivity contribution in [3.05, 3.63) is 35.9 Å². The standard InChI is InChI=1S/C10H9N3O/c11-8-6-9(14)12-13-10(8)7-4-2-1-3-5-7/h1-5,11H,6H2,(H,12,14). The van der Waals surface area contributed by atoms with E-state index in [-0.39, 0.29) is 18.0 Å². The Kier molecular flexibility index (Phi) is 2.10. The van der Waals surface area contributed by atoms with Crippen molar-refractivity contribution in [3.63, 3.8) is 0 Å². The van der Waals surface area contributed by atoms with Gasteiger partial charge >= 0.3 is 0 Å². The molecule has 1 aliphatic heterocycles. The summed E-state index contributed by atoms with van der Waals surface area (Å²) < 4.78 is 0. The van der Waals surface area contributed by atoms with Crippen LogP contribution in [0.25, 0.3) is 0 Å². The van der Waals surface area contributed by atoms with Crippen LogP contribution in [-0.4, -0.2) is 17.3 Å². The van der Waals surface area contributed by atoms with Crippen molar-refractivity contribution < 1.29 is 4.79 Å².